The molecule has 0 unspecified atom stereocenters. The minimum absolute atomic E-state index is 0.833. The van der Waals surface area contributed by atoms with Gasteiger partial charge in [-0.25, -0.2) is 0 Å². The molecule has 2 aromatic heterocycles. The lowest BCUT2D eigenvalue weighted by Crippen LogP contribution is -2.32. The summed E-state index contributed by atoms with van der Waals surface area (Å²) in [7, 11) is 0. The molecule has 0 aromatic carbocycles. The van der Waals surface area contributed by atoms with Crippen molar-refractivity contribution in [2.75, 3.05) is 13.1 Å². The van der Waals surface area contributed by atoms with Crippen LogP contribution in [0.2, 0.25) is 0 Å². The Balaban J connectivity index is 1.87. The molecule has 3 rings (SSSR count). The van der Waals surface area contributed by atoms with Crippen LogP contribution in [0.1, 0.15) is 30.9 Å². The van der Waals surface area contributed by atoms with Crippen molar-refractivity contribution in [2.24, 2.45) is 5.92 Å². The Labute approximate surface area is 114 Å². The van der Waals surface area contributed by atoms with Crippen molar-refractivity contribution in [1.29, 1.82) is 5.26 Å². The van der Waals surface area contributed by atoms with E-state index in [0.29, 0.717) is 0 Å². The van der Waals surface area contributed by atoms with Gasteiger partial charge < -0.3 is 4.40 Å². The van der Waals surface area contributed by atoms with Crippen molar-refractivity contribution in [3.8, 4) is 6.07 Å². The molecule has 2 aromatic rings. The van der Waals surface area contributed by atoms with Crippen molar-refractivity contribution in [2.45, 2.75) is 26.3 Å². The van der Waals surface area contributed by atoms with Crippen molar-refractivity contribution in [3.63, 3.8) is 0 Å². The first-order valence-electron chi connectivity index (χ1n) is 6.99. The third kappa shape index (κ3) is 2.36. The molecule has 0 radical (unpaired) electrons. The van der Waals surface area contributed by atoms with Crippen LogP contribution in [0.15, 0.2) is 30.6 Å². The van der Waals surface area contributed by atoms with Gasteiger partial charge in [0.25, 0.3) is 0 Å². The molecule has 98 valence electrons. The Kier molecular flexibility index (Phi) is 3.27. The van der Waals surface area contributed by atoms with Crippen molar-refractivity contribution < 1.29 is 0 Å². The van der Waals surface area contributed by atoms with Crippen molar-refractivity contribution in [1.82, 2.24) is 9.30 Å². The van der Waals surface area contributed by atoms with Crippen LogP contribution in [0.25, 0.3) is 5.52 Å². The molecule has 0 amide bonds. The van der Waals surface area contributed by atoms with Crippen LogP contribution in [0, 0.1) is 17.2 Å². The number of rotatable bonds is 2. The van der Waals surface area contributed by atoms with E-state index >= 15 is 0 Å². The third-order valence-corrected chi connectivity index (χ3v) is 4.14. The standard InChI is InChI=1S/C16H19N3/c1-13-5-8-18(9-6-13)11-14-12-19-7-3-2-4-16(19)15(14)10-17/h2-4,7,12-13H,5-6,8-9,11H2,1H3. The third-order valence-electron chi connectivity index (χ3n) is 4.14. The van der Waals surface area contributed by atoms with Gasteiger partial charge in [-0.1, -0.05) is 13.0 Å². The number of likely N-dealkylation sites (tertiary alicyclic amines) is 1. The van der Waals surface area contributed by atoms with Gasteiger partial charge in [-0.15, -0.1) is 0 Å². The first-order valence-corrected chi connectivity index (χ1v) is 6.99. The SMILES string of the molecule is CC1CCN(Cc2cn3ccccc3c2C#N)CC1. The molecule has 3 heteroatoms. The highest BCUT2D eigenvalue weighted by Gasteiger charge is 2.18. The van der Waals surface area contributed by atoms with Crippen LogP contribution in [0.5, 0.6) is 0 Å². The number of aromatic nitrogens is 1. The summed E-state index contributed by atoms with van der Waals surface area (Å²) in [6.07, 6.45) is 6.66. The van der Waals surface area contributed by atoms with Crippen LogP contribution in [0.3, 0.4) is 0 Å². The fourth-order valence-corrected chi connectivity index (χ4v) is 2.89. The van der Waals surface area contributed by atoms with E-state index in [1.165, 1.54) is 12.8 Å². The number of hydrogen-bond acceptors (Lipinski definition) is 2. The van der Waals surface area contributed by atoms with Crippen LogP contribution < -0.4 is 0 Å². The molecule has 1 aliphatic rings. The van der Waals surface area contributed by atoms with E-state index in [-0.39, 0.29) is 0 Å². The zero-order valence-electron chi connectivity index (χ0n) is 11.3. The van der Waals surface area contributed by atoms with Crippen molar-refractivity contribution >= 4 is 5.52 Å². The summed E-state index contributed by atoms with van der Waals surface area (Å²) >= 11 is 0. The van der Waals surface area contributed by atoms with Gasteiger partial charge in [-0.3, -0.25) is 4.90 Å². The smallest absolute Gasteiger partial charge is 0.102 e. The van der Waals surface area contributed by atoms with Gasteiger partial charge >= 0.3 is 0 Å². The van der Waals surface area contributed by atoms with E-state index in [2.05, 4.69) is 28.5 Å². The Morgan fingerprint density at radius 3 is 2.84 bits per heavy atom. The topological polar surface area (TPSA) is 31.4 Å². The second kappa shape index (κ2) is 5.07. The second-order valence-electron chi connectivity index (χ2n) is 5.59. The fourth-order valence-electron chi connectivity index (χ4n) is 2.89. The number of fused-ring (bicyclic) bond motifs is 1. The molecule has 0 N–H and O–H groups in total. The number of pyridine rings is 1. The highest BCUT2D eigenvalue weighted by atomic mass is 15.1. The van der Waals surface area contributed by atoms with Gasteiger partial charge in [0.1, 0.15) is 6.07 Å². The van der Waals surface area contributed by atoms with Crippen molar-refractivity contribution in [3.05, 3.63) is 41.7 Å². The zero-order valence-corrected chi connectivity index (χ0v) is 11.3. The summed E-state index contributed by atoms with van der Waals surface area (Å²) in [5, 5.41) is 9.40. The fraction of sp³-hybridized carbons (Fsp3) is 0.438. The summed E-state index contributed by atoms with van der Waals surface area (Å²) in [5.74, 6) is 0.847. The van der Waals surface area contributed by atoms with Crippen LogP contribution >= 0.6 is 0 Å². The van der Waals surface area contributed by atoms with Gasteiger partial charge in [0.2, 0.25) is 0 Å². The number of piperidine rings is 1. The molecule has 3 heterocycles. The first kappa shape index (κ1) is 12.3. The summed E-state index contributed by atoms with van der Waals surface area (Å²) in [4.78, 5) is 2.47. The van der Waals surface area contributed by atoms with E-state index in [9.17, 15) is 5.26 Å². The molecule has 0 atom stereocenters. The number of nitrogens with zero attached hydrogens (tertiary/aromatic N) is 3. The average molecular weight is 253 g/mol. The predicted octanol–water partition coefficient (Wildman–Crippen LogP) is 3.04. The molecule has 1 saturated heterocycles. The largest absolute Gasteiger partial charge is 0.322 e. The molecule has 1 fully saturated rings. The first-order chi connectivity index (χ1) is 9.28. The molecular formula is C16H19N3. The average Bonchev–Trinajstić information content (AvgIpc) is 2.78. The summed E-state index contributed by atoms with van der Waals surface area (Å²) in [5.41, 5.74) is 3.01. The minimum Gasteiger partial charge on any atom is -0.322 e. The summed E-state index contributed by atoms with van der Waals surface area (Å²) < 4.78 is 2.06. The van der Waals surface area contributed by atoms with E-state index in [0.717, 1.165) is 42.2 Å². The molecule has 3 nitrogen and oxygen atoms in total. The van der Waals surface area contributed by atoms with E-state index in [4.69, 9.17) is 0 Å². The Morgan fingerprint density at radius 1 is 1.32 bits per heavy atom. The van der Waals surface area contributed by atoms with Crippen LogP contribution in [-0.4, -0.2) is 22.4 Å². The lowest BCUT2D eigenvalue weighted by atomic mass is 9.99. The van der Waals surface area contributed by atoms with Gasteiger partial charge in [-0.05, 0) is 44.0 Å². The van der Waals surface area contributed by atoms with Crippen LogP contribution in [-0.2, 0) is 6.54 Å². The maximum atomic E-state index is 9.40. The molecule has 0 saturated carbocycles. The number of nitriles is 1. The lowest BCUT2D eigenvalue weighted by molar-refractivity contribution is 0.185. The van der Waals surface area contributed by atoms with E-state index in [1.54, 1.807) is 0 Å². The number of hydrogen-bond donors (Lipinski definition) is 0. The Bertz CT molecular complexity index is 612. The second-order valence-corrected chi connectivity index (χ2v) is 5.59. The normalized spacial score (nSPS) is 17.7. The summed E-state index contributed by atoms with van der Waals surface area (Å²) in [6.45, 7) is 5.53. The maximum absolute atomic E-state index is 9.40. The van der Waals surface area contributed by atoms with E-state index < -0.39 is 0 Å². The molecule has 0 spiro atoms. The van der Waals surface area contributed by atoms with Gasteiger partial charge in [-0.2, -0.15) is 5.26 Å². The Morgan fingerprint density at radius 2 is 2.11 bits per heavy atom. The monoisotopic (exact) mass is 253 g/mol. The molecule has 1 aliphatic heterocycles. The van der Waals surface area contributed by atoms with Gasteiger partial charge in [0, 0.05) is 24.5 Å². The molecular weight excluding hydrogens is 234 g/mol. The molecule has 0 bridgehead atoms. The highest BCUT2D eigenvalue weighted by molar-refractivity contribution is 5.65. The summed E-state index contributed by atoms with van der Waals surface area (Å²) in [6, 6.07) is 8.37. The minimum atomic E-state index is 0.833. The van der Waals surface area contributed by atoms with Gasteiger partial charge in [0.15, 0.2) is 0 Å². The van der Waals surface area contributed by atoms with Crippen LogP contribution in [0.4, 0.5) is 0 Å². The van der Waals surface area contributed by atoms with Gasteiger partial charge in [0.05, 0.1) is 11.1 Å². The van der Waals surface area contributed by atoms with E-state index in [1.807, 2.05) is 24.4 Å². The quantitative estimate of drug-likeness (QED) is 0.823. The molecule has 19 heavy (non-hydrogen) atoms. The highest BCUT2D eigenvalue weighted by Crippen LogP contribution is 2.22. The maximum Gasteiger partial charge on any atom is 0.102 e. The predicted molar refractivity (Wildman–Crippen MR) is 75.8 cm³/mol. The lowest BCUT2D eigenvalue weighted by Gasteiger charge is -2.29. The zero-order chi connectivity index (χ0) is 13.2. The Hall–Kier alpha value is -1.79. The molecule has 0 aliphatic carbocycles.